The van der Waals surface area contributed by atoms with Crippen molar-refractivity contribution in [2.24, 2.45) is 0 Å². The Morgan fingerprint density at radius 2 is 2.10 bits per heavy atom. The second-order valence-corrected chi connectivity index (χ2v) is 5.32. The number of ether oxygens (including phenoxy) is 1. The monoisotopic (exact) mass is 291 g/mol. The van der Waals surface area contributed by atoms with Gasteiger partial charge in [-0.25, -0.2) is 4.79 Å². The average Bonchev–Trinajstić information content (AvgIpc) is 2.98. The summed E-state index contributed by atoms with van der Waals surface area (Å²) in [5, 5.41) is 12.3. The third kappa shape index (κ3) is 3.42. The normalized spacial score (nSPS) is 20.7. The van der Waals surface area contributed by atoms with Crippen molar-refractivity contribution in [1.29, 1.82) is 0 Å². The molecule has 0 bridgehead atoms. The molecule has 1 aliphatic rings. The van der Waals surface area contributed by atoms with Crippen molar-refractivity contribution in [3.05, 3.63) is 35.9 Å². The summed E-state index contributed by atoms with van der Waals surface area (Å²) in [5.41, 5.74) is -0.794. The number of amides is 1. The first-order valence-corrected chi connectivity index (χ1v) is 7.30. The lowest BCUT2D eigenvalue weighted by atomic mass is 9.87. The maximum Gasteiger partial charge on any atom is 0.334 e. The lowest BCUT2D eigenvalue weighted by molar-refractivity contribution is -0.148. The van der Waals surface area contributed by atoms with Crippen molar-refractivity contribution in [2.75, 3.05) is 6.61 Å². The molecule has 1 aromatic rings. The van der Waals surface area contributed by atoms with E-state index in [0.717, 1.165) is 12.8 Å². The van der Waals surface area contributed by atoms with Gasteiger partial charge in [0, 0.05) is 6.61 Å². The Labute approximate surface area is 124 Å². The van der Waals surface area contributed by atoms with E-state index in [1.165, 1.54) is 0 Å². The molecule has 2 rings (SSSR count). The molecular formula is C16H21NO4. The van der Waals surface area contributed by atoms with Crippen LogP contribution in [0.4, 0.5) is 0 Å². The Morgan fingerprint density at radius 1 is 1.38 bits per heavy atom. The highest BCUT2D eigenvalue weighted by atomic mass is 16.5. The van der Waals surface area contributed by atoms with E-state index in [2.05, 4.69) is 5.32 Å². The molecule has 21 heavy (non-hydrogen) atoms. The number of nitrogens with one attached hydrogen (secondary N) is 1. The van der Waals surface area contributed by atoms with Crippen molar-refractivity contribution < 1.29 is 19.4 Å². The van der Waals surface area contributed by atoms with Gasteiger partial charge in [-0.3, -0.25) is 4.79 Å². The number of hydrogen-bond donors (Lipinski definition) is 2. The van der Waals surface area contributed by atoms with Crippen LogP contribution in [0.5, 0.6) is 0 Å². The van der Waals surface area contributed by atoms with Crippen LogP contribution in [0.15, 0.2) is 30.3 Å². The van der Waals surface area contributed by atoms with Gasteiger partial charge in [0.15, 0.2) is 5.54 Å². The Bertz CT molecular complexity index is 496. The highest BCUT2D eigenvalue weighted by Gasteiger charge is 2.40. The topological polar surface area (TPSA) is 75.6 Å². The smallest absolute Gasteiger partial charge is 0.334 e. The van der Waals surface area contributed by atoms with Gasteiger partial charge in [-0.2, -0.15) is 0 Å². The van der Waals surface area contributed by atoms with Crippen LogP contribution in [0.2, 0.25) is 0 Å². The minimum absolute atomic E-state index is 0.0934. The molecule has 1 amide bonds. The van der Waals surface area contributed by atoms with E-state index in [9.17, 15) is 14.7 Å². The van der Waals surface area contributed by atoms with Crippen LogP contribution >= 0.6 is 0 Å². The summed E-state index contributed by atoms with van der Waals surface area (Å²) in [7, 11) is 0. The Balaban J connectivity index is 2.16. The SMILES string of the molecule is CCC(NC(=O)CC1CCCO1)(C(=O)O)c1ccccc1. The van der Waals surface area contributed by atoms with Gasteiger partial charge < -0.3 is 15.2 Å². The van der Waals surface area contributed by atoms with Gasteiger partial charge in [-0.15, -0.1) is 0 Å². The zero-order valence-electron chi connectivity index (χ0n) is 12.2. The predicted molar refractivity (Wildman–Crippen MR) is 77.8 cm³/mol. The van der Waals surface area contributed by atoms with Gasteiger partial charge in [-0.05, 0) is 24.8 Å². The third-order valence-corrected chi connectivity index (χ3v) is 3.95. The standard InChI is InChI=1S/C16H21NO4/c1-2-16(15(19)20,12-7-4-3-5-8-12)17-14(18)11-13-9-6-10-21-13/h3-5,7-8,13H,2,6,9-11H2,1H3,(H,17,18)(H,19,20). The van der Waals surface area contributed by atoms with Crippen LogP contribution in [0, 0.1) is 0 Å². The van der Waals surface area contributed by atoms with E-state index in [4.69, 9.17) is 4.74 Å². The zero-order chi connectivity index (χ0) is 15.3. The molecule has 1 aromatic carbocycles. The number of rotatable bonds is 6. The number of carboxylic acid groups (broad SMARTS) is 1. The number of aliphatic carboxylic acids is 1. The molecule has 5 heteroatoms. The molecule has 1 aliphatic heterocycles. The maximum absolute atomic E-state index is 12.2. The first-order chi connectivity index (χ1) is 10.1. The molecule has 1 saturated heterocycles. The van der Waals surface area contributed by atoms with Crippen LogP contribution in [0.3, 0.4) is 0 Å². The molecule has 0 spiro atoms. The minimum atomic E-state index is -1.38. The molecular weight excluding hydrogens is 270 g/mol. The fourth-order valence-electron chi connectivity index (χ4n) is 2.72. The summed E-state index contributed by atoms with van der Waals surface area (Å²) >= 11 is 0. The van der Waals surface area contributed by atoms with Crippen LogP contribution in [-0.4, -0.2) is 29.7 Å². The summed E-state index contributed by atoms with van der Waals surface area (Å²) in [6.07, 6.45) is 2.20. The average molecular weight is 291 g/mol. The summed E-state index contributed by atoms with van der Waals surface area (Å²) in [4.78, 5) is 24.0. The number of hydrogen-bond acceptors (Lipinski definition) is 3. The van der Waals surface area contributed by atoms with E-state index in [0.29, 0.717) is 12.2 Å². The van der Waals surface area contributed by atoms with E-state index < -0.39 is 11.5 Å². The molecule has 0 radical (unpaired) electrons. The fourth-order valence-corrected chi connectivity index (χ4v) is 2.72. The fraction of sp³-hybridized carbons (Fsp3) is 0.500. The molecule has 114 valence electrons. The maximum atomic E-state index is 12.2. The summed E-state index contributed by atoms with van der Waals surface area (Å²) in [6, 6.07) is 8.82. The first-order valence-electron chi connectivity index (χ1n) is 7.30. The number of carbonyl (C=O) groups is 2. The number of carbonyl (C=O) groups excluding carboxylic acids is 1. The van der Waals surface area contributed by atoms with Gasteiger partial charge in [-0.1, -0.05) is 37.3 Å². The van der Waals surface area contributed by atoms with E-state index in [1.807, 2.05) is 6.07 Å². The predicted octanol–water partition coefficient (Wildman–Crippen LogP) is 2.06. The second kappa shape index (κ2) is 6.72. The first kappa shape index (κ1) is 15.5. The molecule has 2 N–H and O–H groups in total. The second-order valence-electron chi connectivity index (χ2n) is 5.32. The number of benzene rings is 1. The van der Waals surface area contributed by atoms with Crippen LogP contribution < -0.4 is 5.32 Å². The molecule has 2 atom stereocenters. The number of carboxylic acids is 1. The summed E-state index contributed by atoms with van der Waals surface area (Å²) in [6.45, 7) is 2.43. The van der Waals surface area contributed by atoms with Gasteiger partial charge in [0.1, 0.15) is 0 Å². The molecule has 2 unspecified atom stereocenters. The quantitative estimate of drug-likeness (QED) is 0.841. The lowest BCUT2D eigenvalue weighted by Gasteiger charge is -2.30. The van der Waals surface area contributed by atoms with Crippen molar-refractivity contribution in [2.45, 2.75) is 44.2 Å². The van der Waals surface area contributed by atoms with Crippen molar-refractivity contribution in [3.8, 4) is 0 Å². The van der Waals surface area contributed by atoms with Gasteiger partial charge in [0.2, 0.25) is 5.91 Å². The van der Waals surface area contributed by atoms with Crippen molar-refractivity contribution in [1.82, 2.24) is 5.32 Å². The largest absolute Gasteiger partial charge is 0.479 e. The minimum Gasteiger partial charge on any atom is -0.479 e. The van der Waals surface area contributed by atoms with E-state index >= 15 is 0 Å². The highest BCUT2D eigenvalue weighted by Crippen LogP contribution is 2.26. The molecule has 0 saturated carbocycles. The van der Waals surface area contributed by atoms with Gasteiger partial charge >= 0.3 is 5.97 Å². The zero-order valence-corrected chi connectivity index (χ0v) is 12.2. The lowest BCUT2D eigenvalue weighted by Crippen LogP contribution is -2.52. The van der Waals surface area contributed by atoms with Gasteiger partial charge in [0.05, 0.1) is 12.5 Å². The van der Waals surface area contributed by atoms with Crippen LogP contribution in [0.25, 0.3) is 0 Å². The van der Waals surface area contributed by atoms with Crippen LogP contribution in [0.1, 0.15) is 38.2 Å². The van der Waals surface area contributed by atoms with Crippen molar-refractivity contribution in [3.63, 3.8) is 0 Å². The molecule has 1 heterocycles. The molecule has 5 nitrogen and oxygen atoms in total. The Kier molecular flexibility index (Phi) is 4.96. The third-order valence-electron chi connectivity index (χ3n) is 3.95. The summed E-state index contributed by atoms with van der Waals surface area (Å²) in [5.74, 6) is -1.33. The Hall–Kier alpha value is -1.88. The van der Waals surface area contributed by atoms with Gasteiger partial charge in [0.25, 0.3) is 0 Å². The van der Waals surface area contributed by atoms with Crippen LogP contribution in [-0.2, 0) is 19.9 Å². The highest BCUT2D eigenvalue weighted by molar-refractivity contribution is 5.88. The van der Waals surface area contributed by atoms with E-state index in [-0.39, 0.29) is 24.9 Å². The van der Waals surface area contributed by atoms with E-state index in [1.54, 1.807) is 31.2 Å². The Morgan fingerprint density at radius 3 is 2.62 bits per heavy atom. The molecule has 0 aromatic heterocycles. The molecule has 0 aliphatic carbocycles. The summed E-state index contributed by atoms with van der Waals surface area (Å²) < 4.78 is 5.43. The molecule has 1 fully saturated rings. The van der Waals surface area contributed by atoms with Crippen molar-refractivity contribution >= 4 is 11.9 Å².